The third-order valence-electron chi connectivity index (χ3n) is 5.03. The first kappa shape index (κ1) is 21.4. The zero-order valence-electron chi connectivity index (χ0n) is 17.3. The van der Waals surface area contributed by atoms with Crippen LogP contribution in [-0.2, 0) is 29.1 Å². The van der Waals surface area contributed by atoms with E-state index in [0.29, 0.717) is 29.7 Å². The number of carbonyl (C=O) groups is 2. The summed E-state index contributed by atoms with van der Waals surface area (Å²) in [5, 5.41) is 13.4. The number of rotatable bonds is 7. The van der Waals surface area contributed by atoms with E-state index >= 15 is 0 Å². The topological polar surface area (TPSA) is 79.0 Å². The molecule has 160 valence electrons. The first-order valence-corrected chi connectivity index (χ1v) is 10.8. The molecule has 0 radical (unpaired) electrons. The molecule has 0 saturated heterocycles. The molecule has 0 bridgehead atoms. The van der Waals surface area contributed by atoms with E-state index in [1.807, 2.05) is 35.0 Å². The highest BCUT2D eigenvalue weighted by Gasteiger charge is 2.21. The van der Waals surface area contributed by atoms with Gasteiger partial charge in [-0.2, -0.15) is 16.6 Å². The smallest absolute Gasteiger partial charge is 0.247 e. The van der Waals surface area contributed by atoms with E-state index in [0.717, 1.165) is 11.1 Å². The number of thiophene rings is 1. The Morgan fingerprint density at radius 1 is 1.16 bits per heavy atom. The van der Waals surface area contributed by atoms with Gasteiger partial charge < -0.3 is 9.47 Å². The molecule has 2 heterocycles. The fourth-order valence-corrected chi connectivity index (χ4v) is 4.19. The monoisotopic (exact) mass is 446 g/mol. The number of Topliss-reactive ketones (excluding diaryl/α,β-unsaturated/α-hetero) is 1. The fraction of sp³-hybridized carbons (Fsp3) is 0.167. The molecule has 2 aromatic heterocycles. The number of carbonyl (C=O) groups excluding carboxylic acids is 2. The largest absolute Gasteiger partial charge is 0.306 e. The van der Waals surface area contributed by atoms with Crippen molar-refractivity contribution in [1.82, 2.24) is 9.55 Å². The summed E-state index contributed by atoms with van der Waals surface area (Å²) >= 11 is 1.54. The van der Waals surface area contributed by atoms with Crippen LogP contribution in [-0.4, -0.2) is 21.2 Å². The van der Waals surface area contributed by atoms with Crippen molar-refractivity contribution in [2.24, 2.45) is 0 Å². The predicted molar refractivity (Wildman–Crippen MR) is 121 cm³/mol. The molecule has 0 spiro atoms. The minimum absolute atomic E-state index is 0.0474. The molecule has 32 heavy (non-hydrogen) atoms. The zero-order chi connectivity index (χ0) is 22.7. The van der Waals surface area contributed by atoms with Gasteiger partial charge in [-0.15, -0.1) is 0 Å². The van der Waals surface area contributed by atoms with E-state index in [2.05, 4.69) is 4.98 Å². The van der Waals surface area contributed by atoms with Crippen LogP contribution in [0.4, 0.5) is 10.1 Å². The lowest BCUT2D eigenvalue weighted by Gasteiger charge is -2.23. The molecule has 0 unspecified atom stereocenters. The third-order valence-corrected chi connectivity index (χ3v) is 5.76. The Labute approximate surface area is 188 Å². The number of hydrogen-bond donors (Lipinski definition) is 0. The lowest BCUT2D eigenvalue weighted by Crippen LogP contribution is -2.33. The van der Waals surface area contributed by atoms with Crippen molar-refractivity contribution >= 4 is 39.7 Å². The number of ketones is 1. The highest BCUT2D eigenvalue weighted by Crippen LogP contribution is 2.23. The highest BCUT2D eigenvalue weighted by molar-refractivity contribution is 7.07. The Hall–Kier alpha value is -3.83. The van der Waals surface area contributed by atoms with Crippen molar-refractivity contribution in [3.8, 4) is 6.07 Å². The number of nitrogens with zero attached hydrogens (tertiary/aromatic N) is 4. The number of fused-ring (bicyclic) bond motifs is 1. The Bertz CT molecular complexity index is 1320. The van der Waals surface area contributed by atoms with Crippen LogP contribution < -0.4 is 4.90 Å². The summed E-state index contributed by atoms with van der Waals surface area (Å²) in [4.78, 5) is 30.6. The number of anilines is 1. The molecule has 0 aliphatic carbocycles. The van der Waals surface area contributed by atoms with Gasteiger partial charge in [-0.25, -0.2) is 9.37 Å². The maximum Gasteiger partial charge on any atom is 0.247 e. The highest BCUT2D eigenvalue weighted by atomic mass is 32.1. The Morgan fingerprint density at radius 2 is 1.94 bits per heavy atom. The number of amides is 1. The zero-order valence-corrected chi connectivity index (χ0v) is 18.1. The van der Waals surface area contributed by atoms with Gasteiger partial charge in [-0.05, 0) is 65.2 Å². The number of nitriles is 1. The number of imidazole rings is 1. The van der Waals surface area contributed by atoms with Gasteiger partial charge in [0.2, 0.25) is 11.7 Å². The average molecular weight is 447 g/mol. The number of aromatic nitrogens is 2. The van der Waals surface area contributed by atoms with Gasteiger partial charge in [0.1, 0.15) is 24.2 Å². The molecule has 2 aromatic carbocycles. The lowest BCUT2D eigenvalue weighted by molar-refractivity contribution is -0.119. The lowest BCUT2D eigenvalue weighted by atomic mass is 10.1. The first-order valence-electron chi connectivity index (χ1n) is 9.90. The van der Waals surface area contributed by atoms with Gasteiger partial charge in [0, 0.05) is 12.1 Å². The molecule has 4 aromatic rings. The summed E-state index contributed by atoms with van der Waals surface area (Å²) in [6.07, 6.45) is 0.330. The van der Waals surface area contributed by atoms with E-state index in [9.17, 15) is 19.2 Å². The van der Waals surface area contributed by atoms with Gasteiger partial charge >= 0.3 is 0 Å². The molecule has 0 saturated carbocycles. The fourth-order valence-electron chi connectivity index (χ4n) is 3.53. The number of hydrogen-bond acceptors (Lipinski definition) is 5. The van der Waals surface area contributed by atoms with Crippen LogP contribution in [0.3, 0.4) is 0 Å². The summed E-state index contributed by atoms with van der Waals surface area (Å²) in [5.74, 6) is -0.624. The molecular formula is C24H19FN4O2S. The van der Waals surface area contributed by atoms with Gasteiger partial charge in [-0.3, -0.25) is 9.59 Å². The quantitative estimate of drug-likeness (QED) is 0.419. The third kappa shape index (κ3) is 4.58. The van der Waals surface area contributed by atoms with E-state index in [1.54, 1.807) is 17.0 Å². The van der Waals surface area contributed by atoms with E-state index in [1.165, 1.54) is 41.0 Å². The average Bonchev–Trinajstić information content (AvgIpc) is 3.40. The van der Waals surface area contributed by atoms with Crippen LogP contribution in [0.25, 0.3) is 11.0 Å². The van der Waals surface area contributed by atoms with Crippen molar-refractivity contribution in [3.05, 3.63) is 82.1 Å². The van der Waals surface area contributed by atoms with Crippen LogP contribution in [0, 0.1) is 17.1 Å². The maximum atomic E-state index is 13.8. The van der Waals surface area contributed by atoms with Gasteiger partial charge in [-0.1, -0.05) is 12.1 Å². The van der Waals surface area contributed by atoms with E-state index in [4.69, 9.17) is 0 Å². The van der Waals surface area contributed by atoms with Crippen LogP contribution in [0.5, 0.6) is 0 Å². The van der Waals surface area contributed by atoms with Crippen molar-refractivity contribution in [3.63, 3.8) is 0 Å². The minimum Gasteiger partial charge on any atom is -0.306 e. The number of halogens is 1. The summed E-state index contributed by atoms with van der Waals surface area (Å²) in [5.41, 5.74) is 3.35. The molecular weight excluding hydrogens is 427 g/mol. The Morgan fingerprint density at radius 3 is 2.59 bits per heavy atom. The minimum atomic E-state index is -0.466. The summed E-state index contributed by atoms with van der Waals surface area (Å²) < 4.78 is 15.3. The predicted octanol–water partition coefficient (Wildman–Crippen LogP) is 4.47. The Kier molecular flexibility index (Phi) is 6.10. The van der Waals surface area contributed by atoms with Crippen molar-refractivity contribution in [2.45, 2.75) is 26.4 Å². The summed E-state index contributed by atoms with van der Waals surface area (Å²) in [6, 6.07) is 15.2. The Balaban J connectivity index is 1.68. The molecule has 4 rings (SSSR count). The molecule has 0 atom stereocenters. The molecule has 8 heteroatoms. The second-order valence-corrected chi connectivity index (χ2v) is 8.20. The van der Waals surface area contributed by atoms with Gasteiger partial charge in [0.05, 0.1) is 17.6 Å². The maximum absolute atomic E-state index is 13.8. The second-order valence-electron chi connectivity index (χ2n) is 7.42. The van der Waals surface area contributed by atoms with Gasteiger partial charge in [0.25, 0.3) is 0 Å². The van der Waals surface area contributed by atoms with Crippen LogP contribution in [0.15, 0.2) is 59.3 Å². The molecule has 0 aliphatic heterocycles. The first-order chi connectivity index (χ1) is 15.4. The molecule has 0 fully saturated rings. The molecule has 6 nitrogen and oxygen atoms in total. The molecule has 0 N–H and O–H groups in total. The van der Waals surface area contributed by atoms with E-state index in [-0.39, 0.29) is 24.1 Å². The standard InChI is InChI=1S/C24H19FN4O2S/c1-16(30)10-17-2-5-20(6-3-17)28(13-18-8-9-32-15-18)24(31)14-29-22-11-19(25)4-7-21(22)27-23(29)12-26/h2-9,11,15H,10,13-14H2,1H3. The van der Waals surface area contributed by atoms with Crippen LogP contribution in [0.2, 0.25) is 0 Å². The van der Waals surface area contributed by atoms with Gasteiger partial charge in [0.15, 0.2) is 0 Å². The summed E-state index contributed by atoms with van der Waals surface area (Å²) in [7, 11) is 0. The second kappa shape index (κ2) is 9.12. The SMILES string of the molecule is CC(=O)Cc1ccc(N(Cc2ccsc2)C(=O)Cn2c(C#N)nc3ccc(F)cc32)cc1. The molecule has 1 amide bonds. The van der Waals surface area contributed by atoms with Crippen LogP contribution >= 0.6 is 11.3 Å². The van der Waals surface area contributed by atoms with Crippen LogP contribution in [0.1, 0.15) is 23.9 Å². The normalized spacial score (nSPS) is 10.8. The van der Waals surface area contributed by atoms with E-state index < -0.39 is 5.82 Å². The number of benzene rings is 2. The van der Waals surface area contributed by atoms with Crippen molar-refractivity contribution in [1.29, 1.82) is 5.26 Å². The summed E-state index contributed by atoms with van der Waals surface area (Å²) in [6.45, 7) is 1.71. The van der Waals surface area contributed by atoms with Crippen molar-refractivity contribution in [2.75, 3.05) is 4.90 Å². The molecule has 0 aliphatic rings. The van der Waals surface area contributed by atoms with Crippen molar-refractivity contribution < 1.29 is 14.0 Å².